The molecule has 3 aromatic carbocycles. The molecule has 0 atom stereocenters. The third-order valence-electron chi connectivity index (χ3n) is 4.27. The Morgan fingerprint density at radius 3 is 1.81 bits per heavy atom. The first kappa shape index (κ1) is 22.5. The maximum atomic E-state index is 12.9. The van der Waals surface area contributed by atoms with Gasteiger partial charge in [-0.1, -0.05) is 42.5 Å². The highest BCUT2D eigenvalue weighted by molar-refractivity contribution is 6.28. The third kappa shape index (κ3) is 6.15. The zero-order valence-corrected chi connectivity index (χ0v) is 17.0. The van der Waals surface area contributed by atoms with Crippen molar-refractivity contribution in [3.63, 3.8) is 0 Å². The fourth-order valence-electron chi connectivity index (χ4n) is 2.81. The monoisotopic (exact) mass is 438 g/mol. The summed E-state index contributed by atoms with van der Waals surface area (Å²) >= 11 is 0. The number of alkyl halides is 2. The lowest BCUT2D eigenvalue weighted by atomic mass is 10.1. The molecule has 0 fully saturated rings. The molecule has 0 saturated heterocycles. The second-order valence-electron chi connectivity index (χ2n) is 6.49. The number of methoxy groups -OCH3 is 1. The molecular weight excluding hydrogens is 418 g/mol. The van der Waals surface area contributed by atoms with Crippen LogP contribution in [0.1, 0.15) is 5.56 Å². The lowest BCUT2D eigenvalue weighted by Gasteiger charge is -2.12. The molecule has 32 heavy (non-hydrogen) atoms. The maximum absolute atomic E-state index is 12.9. The Balaban J connectivity index is 1.94. The smallest absolute Gasteiger partial charge is 0.387 e. The molecule has 0 aliphatic heterocycles. The highest BCUT2D eigenvalue weighted by atomic mass is 19.3. The fraction of sp³-hybridized carbons (Fsp3) is 0.0833. The number of amides is 2. The van der Waals surface area contributed by atoms with E-state index in [4.69, 9.17) is 4.74 Å². The molecule has 0 unspecified atom stereocenters. The topological polar surface area (TPSA) is 76.7 Å². The van der Waals surface area contributed by atoms with Crippen molar-refractivity contribution in [1.29, 1.82) is 0 Å². The summed E-state index contributed by atoms with van der Waals surface area (Å²) in [5, 5.41) is 5.34. The molecule has 0 spiro atoms. The van der Waals surface area contributed by atoms with Crippen molar-refractivity contribution >= 4 is 29.3 Å². The van der Waals surface area contributed by atoms with E-state index in [2.05, 4.69) is 15.4 Å². The number of nitrogens with one attached hydrogen (secondary N) is 2. The number of ether oxygens (including phenoxy) is 2. The van der Waals surface area contributed by atoms with E-state index in [0.29, 0.717) is 16.9 Å². The summed E-state index contributed by atoms with van der Waals surface area (Å²) in [6.07, 6.45) is 1.34. The van der Waals surface area contributed by atoms with Gasteiger partial charge in [0.05, 0.1) is 7.11 Å². The Kier molecular flexibility index (Phi) is 7.53. The predicted molar refractivity (Wildman–Crippen MR) is 118 cm³/mol. The van der Waals surface area contributed by atoms with Crippen LogP contribution in [0.25, 0.3) is 6.08 Å². The van der Waals surface area contributed by atoms with Gasteiger partial charge in [-0.25, -0.2) is 0 Å². The Morgan fingerprint density at radius 2 is 1.34 bits per heavy atom. The lowest BCUT2D eigenvalue weighted by Crippen LogP contribution is -2.25. The first-order chi connectivity index (χ1) is 15.5. The van der Waals surface area contributed by atoms with E-state index in [9.17, 15) is 18.4 Å². The van der Waals surface area contributed by atoms with Gasteiger partial charge in [0.15, 0.2) is 11.5 Å². The zero-order valence-electron chi connectivity index (χ0n) is 17.0. The van der Waals surface area contributed by atoms with E-state index >= 15 is 0 Å². The predicted octanol–water partition coefficient (Wildman–Crippen LogP) is 4.96. The number of halogens is 2. The van der Waals surface area contributed by atoms with Gasteiger partial charge in [0, 0.05) is 11.4 Å². The van der Waals surface area contributed by atoms with Crippen molar-refractivity contribution in [1.82, 2.24) is 0 Å². The minimum Gasteiger partial charge on any atom is -0.493 e. The Bertz CT molecular complexity index is 1050. The third-order valence-corrected chi connectivity index (χ3v) is 4.27. The molecule has 164 valence electrons. The summed E-state index contributed by atoms with van der Waals surface area (Å²) in [6, 6.07) is 21.4. The minimum absolute atomic E-state index is 0.0327. The molecule has 0 aliphatic rings. The summed E-state index contributed by atoms with van der Waals surface area (Å²) in [5.74, 6) is -1.41. The summed E-state index contributed by atoms with van der Waals surface area (Å²) in [5.41, 5.74) is 1.20. The van der Waals surface area contributed by atoms with Gasteiger partial charge >= 0.3 is 6.61 Å². The zero-order chi connectivity index (χ0) is 22.9. The van der Waals surface area contributed by atoms with E-state index in [1.807, 2.05) is 0 Å². The molecule has 6 nitrogen and oxygen atoms in total. The number of hydrogen-bond donors (Lipinski definition) is 2. The standard InChI is InChI=1S/C24H20F2N2O4/c1-31-21-15-16(12-13-20(21)32-24(25)26)14-19(22(29)27-17-8-4-2-5-9-17)23(30)28-18-10-6-3-7-11-18/h2-15,24H,1H3,(H,27,29)(H,28,30). The van der Waals surface area contributed by atoms with E-state index in [-0.39, 0.29) is 17.1 Å². The number of hydrogen-bond acceptors (Lipinski definition) is 4. The Labute approximate surface area is 183 Å². The van der Waals surface area contributed by atoms with Gasteiger partial charge in [0.1, 0.15) is 5.57 Å². The summed E-state index contributed by atoms with van der Waals surface area (Å²) in [4.78, 5) is 25.8. The van der Waals surface area contributed by atoms with Gasteiger partial charge in [-0.05, 0) is 48.0 Å². The van der Waals surface area contributed by atoms with Crippen molar-refractivity contribution in [2.45, 2.75) is 6.61 Å². The summed E-state index contributed by atoms with van der Waals surface area (Å²) < 4.78 is 34.7. The van der Waals surface area contributed by atoms with Crippen LogP contribution >= 0.6 is 0 Å². The first-order valence-corrected chi connectivity index (χ1v) is 9.53. The lowest BCUT2D eigenvalue weighted by molar-refractivity contribution is -0.118. The van der Waals surface area contributed by atoms with Gasteiger partial charge in [0.2, 0.25) is 0 Å². The molecule has 3 aromatic rings. The molecule has 0 aliphatic carbocycles. The van der Waals surface area contributed by atoms with Crippen molar-refractivity contribution in [2.75, 3.05) is 17.7 Å². The number of carbonyl (C=O) groups is 2. The number of carbonyl (C=O) groups excluding carboxylic acids is 2. The van der Waals surface area contributed by atoms with Gasteiger partial charge in [0.25, 0.3) is 11.8 Å². The highest BCUT2D eigenvalue weighted by Crippen LogP contribution is 2.30. The van der Waals surface area contributed by atoms with Crippen LogP contribution in [-0.4, -0.2) is 25.5 Å². The van der Waals surface area contributed by atoms with Gasteiger partial charge in [-0.2, -0.15) is 8.78 Å². The van der Waals surface area contributed by atoms with Crippen molar-refractivity contribution in [3.8, 4) is 11.5 Å². The Hall–Kier alpha value is -4.20. The van der Waals surface area contributed by atoms with Crippen LogP contribution in [0.15, 0.2) is 84.4 Å². The second-order valence-corrected chi connectivity index (χ2v) is 6.49. The van der Waals surface area contributed by atoms with Gasteiger partial charge in [-0.3, -0.25) is 9.59 Å². The van der Waals surface area contributed by atoms with Crippen LogP contribution in [0, 0.1) is 0 Å². The molecule has 0 aromatic heterocycles. The average molecular weight is 438 g/mol. The molecule has 0 radical (unpaired) electrons. The van der Waals surface area contributed by atoms with E-state index in [1.165, 1.54) is 31.4 Å². The van der Waals surface area contributed by atoms with Crippen LogP contribution < -0.4 is 20.1 Å². The molecule has 0 heterocycles. The molecule has 8 heteroatoms. The van der Waals surface area contributed by atoms with E-state index in [1.54, 1.807) is 60.7 Å². The molecule has 3 rings (SSSR count). The largest absolute Gasteiger partial charge is 0.493 e. The normalized spacial score (nSPS) is 10.2. The molecule has 2 N–H and O–H groups in total. The quantitative estimate of drug-likeness (QED) is 0.296. The number of para-hydroxylation sites is 2. The summed E-state index contributed by atoms with van der Waals surface area (Å²) in [6.45, 7) is -3.02. The molecule has 0 bridgehead atoms. The highest BCUT2D eigenvalue weighted by Gasteiger charge is 2.20. The number of benzene rings is 3. The van der Waals surface area contributed by atoms with Crippen LogP contribution in [0.5, 0.6) is 11.5 Å². The van der Waals surface area contributed by atoms with Crippen LogP contribution in [0.4, 0.5) is 20.2 Å². The minimum atomic E-state index is -3.02. The number of rotatable bonds is 8. The maximum Gasteiger partial charge on any atom is 0.387 e. The van der Waals surface area contributed by atoms with Crippen LogP contribution in [-0.2, 0) is 9.59 Å². The molecule has 2 amide bonds. The van der Waals surface area contributed by atoms with Crippen molar-refractivity contribution in [2.24, 2.45) is 0 Å². The van der Waals surface area contributed by atoms with Crippen LogP contribution in [0.2, 0.25) is 0 Å². The van der Waals surface area contributed by atoms with Gasteiger partial charge in [-0.15, -0.1) is 0 Å². The van der Waals surface area contributed by atoms with E-state index in [0.717, 1.165) is 0 Å². The van der Waals surface area contributed by atoms with E-state index < -0.39 is 18.4 Å². The Morgan fingerprint density at radius 1 is 0.812 bits per heavy atom. The molecule has 0 saturated carbocycles. The number of anilines is 2. The summed E-state index contributed by atoms with van der Waals surface area (Å²) in [7, 11) is 1.30. The molecular formula is C24H20F2N2O4. The second kappa shape index (κ2) is 10.7. The SMILES string of the molecule is COc1cc(C=C(C(=O)Nc2ccccc2)C(=O)Nc2ccccc2)ccc1OC(F)F. The van der Waals surface area contributed by atoms with Crippen molar-refractivity contribution < 1.29 is 27.8 Å². The first-order valence-electron chi connectivity index (χ1n) is 9.53. The van der Waals surface area contributed by atoms with Crippen LogP contribution in [0.3, 0.4) is 0 Å². The fourth-order valence-corrected chi connectivity index (χ4v) is 2.81. The van der Waals surface area contributed by atoms with Crippen molar-refractivity contribution in [3.05, 3.63) is 90.0 Å². The van der Waals surface area contributed by atoms with Gasteiger partial charge < -0.3 is 20.1 Å². The average Bonchev–Trinajstić information content (AvgIpc) is 2.79.